The van der Waals surface area contributed by atoms with Crippen molar-refractivity contribution in [3.63, 3.8) is 0 Å². The summed E-state index contributed by atoms with van der Waals surface area (Å²) in [6, 6.07) is 16.1. The van der Waals surface area contributed by atoms with Crippen molar-refractivity contribution < 1.29 is 17.9 Å². The highest BCUT2D eigenvalue weighted by Gasteiger charge is 2.40. The summed E-state index contributed by atoms with van der Waals surface area (Å²) in [5, 5.41) is 2.65. The average molecular weight is 402 g/mol. The van der Waals surface area contributed by atoms with Crippen LogP contribution in [-0.2, 0) is 26.9 Å². The van der Waals surface area contributed by atoms with Crippen LogP contribution in [0.1, 0.15) is 18.1 Å². The lowest BCUT2D eigenvalue weighted by molar-refractivity contribution is 0.155. The van der Waals surface area contributed by atoms with Gasteiger partial charge in [0.2, 0.25) is 16.0 Å². The van der Waals surface area contributed by atoms with Gasteiger partial charge in [-0.2, -0.15) is 0 Å². The summed E-state index contributed by atoms with van der Waals surface area (Å²) >= 11 is 0. The van der Waals surface area contributed by atoms with Gasteiger partial charge in [0.25, 0.3) is 0 Å². The molecule has 0 aliphatic carbocycles. The van der Waals surface area contributed by atoms with Crippen LogP contribution in [0.15, 0.2) is 59.6 Å². The van der Waals surface area contributed by atoms with Gasteiger partial charge in [0.05, 0.1) is 5.75 Å². The van der Waals surface area contributed by atoms with E-state index in [1.54, 1.807) is 31.2 Å². The molecule has 1 atom stereocenters. The first-order valence-electron chi connectivity index (χ1n) is 8.60. The van der Waals surface area contributed by atoms with Crippen LogP contribution in [0.3, 0.4) is 0 Å². The van der Waals surface area contributed by atoms with E-state index in [2.05, 4.69) is 10.3 Å². The van der Waals surface area contributed by atoms with Gasteiger partial charge < -0.3 is 10.5 Å². The molecule has 28 heavy (non-hydrogen) atoms. The van der Waals surface area contributed by atoms with E-state index in [-0.39, 0.29) is 18.3 Å². The predicted molar refractivity (Wildman–Crippen MR) is 107 cm³/mol. The number of rotatable bonds is 4. The lowest BCUT2D eigenvalue weighted by atomic mass is 9.94. The molecule has 1 aliphatic rings. The van der Waals surface area contributed by atoms with E-state index in [1.807, 2.05) is 30.3 Å². The Hall–Kier alpha value is -3.07. The minimum Gasteiger partial charge on any atom is -0.444 e. The number of nitrogens with zero attached hydrogens (tertiary/aromatic N) is 2. The standard InChI is InChI=1S/C19H22N4O4S/c1-19(13-28(25,26)23(2)17(20)22-19)15-9-6-10-16(11-15)21-18(24)27-12-14-7-4-3-5-8-14/h3-11H,12-13H2,1-2H3,(H2,20,22)(H,21,24)/t19-/m0/s1. The van der Waals surface area contributed by atoms with Gasteiger partial charge in [-0.1, -0.05) is 42.5 Å². The molecule has 0 bridgehead atoms. The van der Waals surface area contributed by atoms with E-state index in [0.717, 1.165) is 9.87 Å². The quantitative estimate of drug-likeness (QED) is 0.814. The van der Waals surface area contributed by atoms with Crippen LogP contribution in [0.2, 0.25) is 0 Å². The molecule has 0 spiro atoms. The van der Waals surface area contributed by atoms with Crippen molar-refractivity contribution in [1.82, 2.24) is 4.31 Å². The molecular formula is C19H22N4O4S. The van der Waals surface area contributed by atoms with E-state index in [9.17, 15) is 13.2 Å². The lowest BCUT2D eigenvalue weighted by Gasteiger charge is -2.34. The minimum atomic E-state index is -3.58. The Morgan fingerprint density at radius 1 is 1.25 bits per heavy atom. The Morgan fingerprint density at radius 2 is 1.96 bits per heavy atom. The monoisotopic (exact) mass is 402 g/mol. The van der Waals surface area contributed by atoms with Crippen LogP contribution < -0.4 is 11.1 Å². The molecule has 3 N–H and O–H groups in total. The number of guanidine groups is 1. The Bertz CT molecular complexity index is 1010. The van der Waals surface area contributed by atoms with Crippen LogP contribution in [-0.4, -0.2) is 37.6 Å². The molecule has 0 unspecified atom stereocenters. The molecule has 2 aromatic carbocycles. The lowest BCUT2D eigenvalue weighted by Crippen LogP contribution is -2.50. The van der Waals surface area contributed by atoms with Crippen LogP contribution >= 0.6 is 0 Å². The van der Waals surface area contributed by atoms with Gasteiger partial charge >= 0.3 is 6.09 Å². The fourth-order valence-electron chi connectivity index (χ4n) is 2.91. The third-order valence-electron chi connectivity index (χ3n) is 4.51. The maximum Gasteiger partial charge on any atom is 0.411 e. The Labute approximate surface area is 164 Å². The number of ether oxygens (including phenoxy) is 1. The fraction of sp³-hybridized carbons (Fsp3) is 0.263. The maximum absolute atomic E-state index is 12.3. The summed E-state index contributed by atoms with van der Waals surface area (Å²) in [4.78, 5) is 16.4. The second-order valence-corrected chi connectivity index (χ2v) is 8.74. The molecule has 1 aliphatic heterocycles. The third kappa shape index (κ3) is 4.25. The number of carbonyl (C=O) groups excluding carboxylic acids is 1. The number of nitrogens with one attached hydrogen (secondary N) is 1. The van der Waals surface area contributed by atoms with Gasteiger partial charge in [-0.3, -0.25) is 5.32 Å². The number of benzene rings is 2. The van der Waals surface area contributed by atoms with Crippen LogP contribution in [0, 0.1) is 0 Å². The minimum absolute atomic E-state index is 0.0746. The smallest absolute Gasteiger partial charge is 0.411 e. The molecule has 0 fully saturated rings. The number of carbonyl (C=O) groups is 1. The molecule has 9 heteroatoms. The van der Waals surface area contributed by atoms with Gasteiger partial charge in [0.1, 0.15) is 12.1 Å². The summed E-state index contributed by atoms with van der Waals surface area (Å²) in [5.74, 6) is -0.298. The van der Waals surface area contributed by atoms with Gasteiger partial charge in [-0.15, -0.1) is 0 Å². The first kappa shape index (κ1) is 19.7. The highest BCUT2D eigenvalue weighted by molar-refractivity contribution is 7.89. The topological polar surface area (TPSA) is 114 Å². The molecule has 148 valence electrons. The van der Waals surface area contributed by atoms with E-state index in [0.29, 0.717) is 11.3 Å². The highest BCUT2D eigenvalue weighted by atomic mass is 32.2. The molecule has 0 radical (unpaired) electrons. The Kier molecular flexibility index (Phi) is 5.28. The number of sulfonamides is 1. The number of nitrogens with two attached hydrogens (primary N) is 1. The van der Waals surface area contributed by atoms with Crippen molar-refractivity contribution >= 4 is 27.8 Å². The number of amides is 1. The molecule has 1 amide bonds. The average Bonchev–Trinajstić information content (AvgIpc) is 2.65. The molecule has 3 rings (SSSR count). The first-order chi connectivity index (χ1) is 13.2. The highest BCUT2D eigenvalue weighted by Crippen LogP contribution is 2.32. The van der Waals surface area contributed by atoms with Crippen molar-refractivity contribution in [1.29, 1.82) is 0 Å². The molecule has 2 aromatic rings. The predicted octanol–water partition coefficient (Wildman–Crippen LogP) is 2.24. The number of hydrogen-bond donors (Lipinski definition) is 2. The van der Waals surface area contributed by atoms with Crippen LogP contribution in [0.4, 0.5) is 10.5 Å². The zero-order valence-electron chi connectivity index (χ0n) is 15.6. The molecular weight excluding hydrogens is 380 g/mol. The van der Waals surface area contributed by atoms with Crippen molar-refractivity contribution in [3.8, 4) is 0 Å². The number of aliphatic imine (C=N–C) groups is 1. The normalized spacial score (nSPS) is 20.9. The molecule has 0 aromatic heterocycles. The fourth-order valence-corrected chi connectivity index (χ4v) is 4.37. The van der Waals surface area contributed by atoms with Gasteiger partial charge in [0.15, 0.2) is 0 Å². The van der Waals surface area contributed by atoms with Gasteiger partial charge in [-0.05, 0) is 30.2 Å². The van der Waals surface area contributed by atoms with Crippen molar-refractivity contribution in [3.05, 3.63) is 65.7 Å². The summed E-state index contributed by atoms with van der Waals surface area (Å²) in [5.41, 5.74) is 6.70. The molecule has 0 saturated heterocycles. The maximum atomic E-state index is 12.3. The number of anilines is 1. The third-order valence-corrected chi connectivity index (χ3v) is 6.46. The molecule has 8 nitrogen and oxygen atoms in total. The number of hydrogen-bond acceptors (Lipinski definition) is 6. The second-order valence-electron chi connectivity index (χ2n) is 6.74. The Balaban J connectivity index is 1.74. The molecule has 1 heterocycles. The van der Waals surface area contributed by atoms with Crippen LogP contribution in [0.5, 0.6) is 0 Å². The van der Waals surface area contributed by atoms with Gasteiger partial charge in [-0.25, -0.2) is 22.5 Å². The van der Waals surface area contributed by atoms with E-state index in [4.69, 9.17) is 10.5 Å². The summed E-state index contributed by atoms with van der Waals surface area (Å²) in [6.45, 7) is 1.84. The van der Waals surface area contributed by atoms with E-state index in [1.165, 1.54) is 7.05 Å². The SMILES string of the molecule is CN1C(N)=N[C@](C)(c2cccc(NC(=O)OCc3ccccc3)c2)CS1(=O)=O. The summed E-state index contributed by atoms with van der Waals surface area (Å²) in [7, 11) is -2.21. The van der Waals surface area contributed by atoms with E-state index >= 15 is 0 Å². The Morgan fingerprint density at radius 3 is 2.64 bits per heavy atom. The zero-order valence-corrected chi connectivity index (χ0v) is 16.4. The van der Waals surface area contributed by atoms with Crippen molar-refractivity contribution in [2.75, 3.05) is 18.1 Å². The van der Waals surface area contributed by atoms with E-state index < -0.39 is 21.7 Å². The van der Waals surface area contributed by atoms with Crippen LogP contribution in [0.25, 0.3) is 0 Å². The molecule has 0 saturated carbocycles. The summed E-state index contributed by atoms with van der Waals surface area (Å²) < 4.78 is 30.9. The zero-order chi connectivity index (χ0) is 20.4. The first-order valence-corrected chi connectivity index (χ1v) is 10.2. The largest absolute Gasteiger partial charge is 0.444 e. The van der Waals surface area contributed by atoms with Gasteiger partial charge in [0, 0.05) is 12.7 Å². The second kappa shape index (κ2) is 7.51. The van der Waals surface area contributed by atoms with Crippen molar-refractivity contribution in [2.45, 2.75) is 19.1 Å². The van der Waals surface area contributed by atoms with Crippen molar-refractivity contribution in [2.24, 2.45) is 10.7 Å². The summed E-state index contributed by atoms with van der Waals surface area (Å²) in [6.07, 6.45) is -0.606.